The first-order chi connectivity index (χ1) is 13.8. The first kappa shape index (κ1) is 22.0. The molecule has 0 aromatic carbocycles. The first-order valence-corrected chi connectivity index (χ1v) is 12.2. The maximum Gasteiger partial charge on any atom is 0.251 e. The maximum atomic E-state index is 13.4. The van der Waals surface area contributed by atoms with Crippen LogP contribution in [0.15, 0.2) is 28.0 Å². The average molecular weight is 424 g/mol. The van der Waals surface area contributed by atoms with Crippen molar-refractivity contribution in [1.29, 1.82) is 0 Å². The van der Waals surface area contributed by atoms with E-state index < -0.39 is 10.0 Å². The number of carbonyl (C=O) groups excluding carboxylic acids is 1. The Labute approximate surface area is 173 Å². The Hall–Kier alpha value is -1.67. The molecule has 162 valence electrons. The second kappa shape index (κ2) is 9.43. The van der Waals surface area contributed by atoms with Crippen LogP contribution in [-0.2, 0) is 21.4 Å². The zero-order valence-electron chi connectivity index (χ0n) is 17.5. The predicted molar refractivity (Wildman–Crippen MR) is 112 cm³/mol. The van der Waals surface area contributed by atoms with Crippen molar-refractivity contribution in [2.45, 2.75) is 87.7 Å². The molecule has 1 amide bonds. The van der Waals surface area contributed by atoms with Gasteiger partial charge in [0.2, 0.25) is 15.9 Å². The molecule has 0 radical (unpaired) electrons. The van der Waals surface area contributed by atoms with Crippen LogP contribution in [0.25, 0.3) is 0 Å². The highest BCUT2D eigenvalue weighted by molar-refractivity contribution is 7.89. The van der Waals surface area contributed by atoms with E-state index in [1.165, 1.54) is 49.8 Å². The van der Waals surface area contributed by atoms with Gasteiger partial charge in [0, 0.05) is 38.4 Å². The van der Waals surface area contributed by atoms with Gasteiger partial charge in [-0.15, -0.1) is 0 Å². The van der Waals surface area contributed by atoms with Crippen molar-refractivity contribution in [2.24, 2.45) is 0 Å². The Bertz CT molecular complexity index is 848. The number of carbonyl (C=O) groups is 1. The first-order valence-electron chi connectivity index (χ1n) is 10.7. The normalized spacial score (nSPS) is 19.4. The summed E-state index contributed by atoms with van der Waals surface area (Å²) < 4.78 is 27.2. The number of hydrogen-bond donors (Lipinski definition) is 0. The van der Waals surface area contributed by atoms with Crippen LogP contribution in [-0.4, -0.2) is 54.3 Å². The summed E-state index contributed by atoms with van der Waals surface area (Å²) in [6.45, 7) is -0.109. The second-order valence-electron chi connectivity index (χ2n) is 8.50. The van der Waals surface area contributed by atoms with E-state index in [-0.39, 0.29) is 35.0 Å². The fourth-order valence-electron chi connectivity index (χ4n) is 4.65. The maximum absolute atomic E-state index is 13.4. The standard InChI is InChI=1S/C21H33N3O4S/c1-22(2)29(27,28)19-13-14-20(25)23(15-19)16-21(26)24(17-9-5-3-6-10-17)18-11-7-4-8-12-18/h13-15,17-18H,3-12,16H2,1-2H3. The molecule has 8 heteroatoms. The quantitative estimate of drug-likeness (QED) is 0.704. The van der Waals surface area contributed by atoms with Crippen LogP contribution in [0, 0.1) is 0 Å². The Morgan fingerprint density at radius 1 is 0.966 bits per heavy atom. The van der Waals surface area contributed by atoms with Crippen molar-refractivity contribution in [3.05, 3.63) is 28.7 Å². The van der Waals surface area contributed by atoms with Gasteiger partial charge in [-0.3, -0.25) is 9.59 Å². The number of sulfonamides is 1. The molecular weight excluding hydrogens is 390 g/mol. The predicted octanol–water partition coefficient (Wildman–Crippen LogP) is 2.59. The van der Waals surface area contributed by atoms with Crippen molar-refractivity contribution >= 4 is 15.9 Å². The monoisotopic (exact) mass is 423 g/mol. The minimum absolute atomic E-state index is 0.0248. The molecule has 2 aliphatic rings. The molecule has 0 bridgehead atoms. The molecule has 0 atom stereocenters. The lowest BCUT2D eigenvalue weighted by Gasteiger charge is -2.42. The number of pyridine rings is 1. The summed E-state index contributed by atoms with van der Waals surface area (Å²) in [7, 11) is -0.768. The third kappa shape index (κ3) is 5.09. The van der Waals surface area contributed by atoms with E-state index in [0.29, 0.717) is 0 Å². The molecule has 0 aliphatic heterocycles. The van der Waals surface area contributed by atoms with Gasteiger partial charge in [-0.25, -0.2) is 12.7 Å². The largest absolute Gasteiger partial charge is 0.335 e. The van der Waals surface area contributed by atoms with Crippen molar-refractivity contribution in [2.75, 3.05) is 14.1 Å². The van der Waals surface area contributed by atoms with E-state index in [1.54, 1.807) is 0 Å². The van der Waals surface area contributed by atoms with E-state index in [0.717, 1.165) is 55.7 Å². The number of rotatable bonds is 6. The van der Waals surface area contributed by atoms with E-state index in [4.69, 9.17) is 0 Å². The molecule has 1 heterocycles. The van der Waals surface area contributed by atoms with Gasteiger partial charge in [-0.1, -0.05) is 38.5 Å². The zero-order chi connectivity index (χ0) is 21.0. The van der Waals surface area contributed by atoms with Crippen LogP contribution < -0.4 is 5.56 Å². The summed E-state index contributed by atoms with van der Waals surface area (Å²) in [5, 5.41) is 0. The molecular formula is C21H33N3O4S. The Morgan fingerprint density at radius 2 is 1.48 bits per heavy atom. The molecule has 0 N–H and O–H groups in total. The minimum Gasteiger partial charge on any atom is -0.335 e. The third-order valence-corrected chi connectivity index (χ3v) is 8.06. The molecule has 0 saturated heterocycles. The van der Waals surface area contributed by atoms with Crippen molar-refractivity contribution in [3.8, 4) is 0 Å². The van der Waals surface area contributed by atoms with Crippen molar-refractivity contribution in [1.82, 2.24) is 13.8 Å². The molecule has 3 rings (SSSR count). The van der Waals surface area contributed by atoms with E-state index in [2.05, 4.69) is 4.90 Å². The summed E-state index contributed by atoms with van der Waals surface area (Å²) >= 11 is 0. The van der Waals surface area contributed by atoms with Gasteiger partial charge in [-0.05, 0) is 31.7 Å². The van der Waals surface area contributed by atoms with E-state index >= 15 is 0 Å². The van der Waals surface area contributed by atoms with Gasteiger partial charge in [0.25, 0.3) is 5.56 Å². The highest BCUT2D eigenvalue weighted by Crippen LogP contribution is 2.30. The molecule has 2 fully saturated rings. The number of nitrogens with zero attached hydrogens (tertiary/aromatic N) is 3. The fraction of sp³-hybridized carbons (Fsp3) is 0.714. The lowest BCUT2D eigenvalue weighted by Crippen LogP contribution is -2.50. The van der Waals surface area contributed by atoms with Gasteiger partial charge in [0.1, 0.15) is 6.54 Å². The molecule has 1 aromatic rings. The molecule has 0 spiro atoms. The SMILES string of the molecule is CN(C)S(=O)(=O)c1ccc(=O)n(CC(=O)N(C2CCCCC2)C2CCCCC2)c1. The smallest absolute Gasteiger partial charge is 0.251 e. The Kier molecular flexibility index (Phi) is 7.16. The molecule has 29 heavy (non-hydrogen) atoms. The molecule has 0 unspecified atom stereocenters. The van der Waals surface area contributed by atoms with Crippen LogP contribution in [0.3, 0.4) is 0 Å². The summed E-state index contributed by atoms with van der Waals surface area (Å²) in [6.07, 6.45) is 12.4. The van der Waals surface area contributed by atoms with E-state index in [1.807, 2.05) is 0 Å². The summed E-state index contributed by atoms with van der Waals surface area (Å²) in [5.74, 6) is -0.0645. The molecule has 2 saturated carbocycles. The summed E-state index contributed by atoms with van der Waals surface area (Å²) in [5.41, 5.74) is -0.358. The van der Waals surface area contributed by atoms with Crippen LogP contribution in [0.2, 0.25) is 0 Å². The molecule has 1 aromatic heterocycles. The summed E-state index contributed by atoms with van der Waals surface area (Å²) in [4.78, 5) is 27.8. The molecule has 2 aliphatic carbocycles. The van der Waals surface area contributed by atoms with Gasteiger partial charge in [0.05, 0.1) is 4.90 Å². The van der Waals surface area contributed by atoms with Crippen LogP contribution >= 0.6 is 0 Å². The van der Waals surface area contributed by atoms with E-state index in [9.17, 15) is 18.0 Å². The third-order valence-electron chi connectivity index (χ3n) is 6.26. The molecule has 7 nitrogen and oxygen atoms in total. The Morgan fingerprint density at radius 3 is 1.97 bits per heavy atom. The van der Waals surface area contributed by atoms with Crippen molar-refractivity contribution < 1.29 is 13.2 Å². The zero-order valence-corrected chi connectivity index (χ0v) is 18.4. The van der Waals surface area contributed by atoms with Gasteiger partial charge >= 0.3 is 0 Å². The lowest BCUT2D eigenvalue weighted by atomic mass is 9.88. The highest BCUT2D eigenvalue weighted by atomic mass is 32.2. The minimum atomic E-state index is -3.66. The van der Waals surface area contributed by atoms with Gasteiger partial charge in [-0.2, -0.15) is 0 Å². The average Bonchev–Trinajstić information content (AvgIpc) is 2.71. The number of amides is 1. The van der Waals surface area contributed by atoms with Gasteiger partial charge in [0.15, 0.2) is 0 Å². The van der Waals surface area contributed by atoms with Crippen molar-refractivity contribution in [3.63, 3.8) is 0 Å². The highest BCUT2D eigenvalue weighted by Gasteiger charge is 2.32. The summed E-state index contributed by atoms with van der Waals surface area (Å²) in [6, 6.07) is 3.01. The Balaban J connectivity index is 1.86. The van der Waals surface area contributed by atoms with Crippen LogP contribution in [0.1, 0.15) is 64.2 Å². The lowest BCUT2D eigenvalue weighted by molar-refractivity contribution is -0.138. The van der Waals surface area contributed by atoms with Gasteiger partial charge < -0.3 is 9.47 Å². The number of aromatic nitrogens is 1. The second-order valence-corrected chi connectivity index (χ2v) is 10.7. The van der Waals surface area contributed by atoms with Crippen LogP contribution in [0.4, 0.5) is 0 Å². The topological polar surface area (TPSA) is 79.7 Å². The number of hydrogen-bond acceptors (Lipinski definition) is 4. The fourth-order valence-corrected chi connectivity index (χ4v) is 5.57. The van der Waals surface area contributed by atoms with Crippen LogP contribution in [0.5, 0.6) is 0 Å².